The van der Waals surface area contributed by atoms with Gasteiger partial charge in [0.1, 0.15) is 5.75 Å². The highest BCUT2D eigenvalue weighted by molar-refractivity contribution is 7.99. The molecule has 2 aromatic carbocycles. The van der Waals surface area contributed by atoms with E-state index in [4.69, 9.17) is 16.3 Å². The maximum atomic E-state index is 12.3. The molecule has 0 saturated carbocycles. The zero-order valence-corrected chi connectivity index (χ0v) is 19.9. The van der Waals surface area contributed by atoms with Crippen molar-refractivity contribution in [1.82, 2.24) is 14.8 Å². The zero-order chi connectivity index (χ0) is 22.6. The Bertz CT molecular complexity index is 1040. The number of anilines is 1. The van der Waals surface area contributed by atoms with Gasteiger partial charge in [-0.2, -0.15) is 0 Å². The molecule has 0 spiro atoms. The largest absolute Gasteiger partial charge is 0.483 e. The number of carbonyl (C=O) groups excluding carboxylic acids is 1. The predicted molar refractivity (Wildman–Crippen MR) is 126 cm³/mol. The van der Waals surface area contributed by atoms with E-state index in [-0.39, 0.29) is 23.2 Å². The Morgan fingerprint density at radius 3 is 2.48 bits per heavy atom. The van der Waals surface area contributed by atoms with E-state index in [1.165, 1.54) is 17.3 Å². The quantitative estimate of drug-likeness (QED) is 0.464. The fraction of sp³-hybridized carbons (Fsp3) is 0.348. The van der Waals surface area contributed by atoms with Gasteiger partial charge in [0.15, 0.2) is 17.1 Å². The topological polar surface area (TPSA) is 69.0 Å². The molecule has 1 aromatic heterocycles. The predicted octanol–water partition coefficient (Wildman–Crippen LogP) is 5.64. The average molecular weight is 459 g/mol. The maximum absolute atomic E-state index is 12.3. The first-order valence-corrected chi connectivity index (χ1v) is 11.3. The van der Waals surface area contributed by atoms with Crippen molar-refractivity contribution >= 4 is 35.0 Å². The van der Waals surface area contributed by atoms with Crippen molar-refractivity contribution < 1.29 is 9.53 Å². The van der Waals surface area contributed by atoms with Crippen LogP contribution in [0.3, 0.4) is 0 Å². The highest BCUT2D eigenvalue weighted by Gasteiger charge is 2.19. The summed E-state index contributed by atoms with van der Waals surface area (Å²) in [6, 6.07) is 15.2. The molecule has 0 fully saturated rings. The van der Waals surface area contributed by atoms with Crippen LogP contribution in [0.4, 0.5) is 5.69 Å². The second-order valence-electron chi connectivity index (χ2n) is 8.25. The van der Waals surface area contributed by atoms with Gasteiger partial charge >= 0.3 is 0 Å². The fourth-order valence-electron chi connectivity index (χ4n) is 2.98. The minimum Gasteiger partial charge on any atom is -0.483 e. The third kappa shape index (κ3) is 6.02. The average Bonchev–Trinajstić information content (AvgIpc) is 3.08. The van der Waals surface area contributed by atoms with Gasteiger partial charge in [-0.15, -0.1) is 10.2 Å². The molecule has 1 amide bonds. The Hall–Kier alpha value is -2.51. The van der Waals surface area contributed by atoms with Gasteiger partial charge < -0.3 is 14.6 Å². The minimum atomic E-state index is -0.288. The van der Waals surface area contributed by atoms with Gasteiger partial charge in [0, 0.05) is 7.05 Å². The first-order valence-electron chi connectivity index (χ1n) is 9.99. The van der Waals surface area contributed by atoms with E-state index < -0.39 is 0 Å². The maximum Gasteiger partial charge on any atom is 0.234 e. The first kappa shape index (κ1) is 23.2. The number of halogens is 1. The van der Waals surface area contributed by atoms with Crippen molar-refractivity contribution in [3.8, 4) is 5.75 Å². The number of rotatable bonds is 7. The van der Waals surface area contributed by atoms with E-state index in [0.29, 0.717) is 21.7 Å². The van der Waals surface area contributed by atoms with Crippen LogP contribution in [-0.4, -0.2) is 26.4 Å². The molecule has 0 bridgehead atoms. The molecule has 164 valence electrons. The zero-order valence-electron chi connectivity index (χ0n) is 18.3. The van der Waals surface area contributed by atoms with Crippen molar-refractivity contribution in [1.29, 1.82) is 0 Å². The molecular weight excluding hydrogens is 432 g/mol. The summed E-state index contributed by atoms with van der Waals surface area (Å²) in [5.41, 5.74) is 1.94. The number of hydrogen-bond donors (Lipinski definition) is 1. The van der Waals surface area contributed by atoms with E-state index in [0.717, 1.165) is 5.75 Å². The van der Waals surface area contributed by atoms with Crippen molar-refractivity contribution in [2.24, 2.45) is 7.05 Å². The molecular formula is C23H27ClN4O2S. The van der Waals surface area contributed by atoms with E-state index in [2.05, 4.69) is 48.4 Å². The van der Waals surface area contributed by atoms with Gasteiger partial charge in [-0.1, -0.05) is 68.4 Å². The highest BCUT2D eigenvalue weighted by Crippen LogP contribution is 2.27. The molecule has 0 radical (unpaired) electrons. The summed E-state index contributed by atoms with van der Waals surface area (Å²) in [6.45, 7) is 8.47. The molecule has 1 heterocycles. The number of amides is 1. The lowest BCUT2D eigenvalue weighted by Gasteiger charge is -2.20. The molecule has 1 atom stereocenters. The van der Waals surface area contributed by atoms with E-state index in [1.807, 2.05) is 42.8 Å². The fourth-order valence-corrected chi connectivity index (χ4v) is 3.88. The lowest BCUT2D eigenvalue weighted by molar-refractivity contribution is -0.113. The number of aromatic nitrogens is 3. The highest BCUT2D eigenvalue weighted by atomic mass is 35.5. The van der Waals surface area contributed by atoms with Gasteiger partial charge in [0.25, 0.3) is 0 Å². The number of thioether (sulfide) groups is 1. The van der Waals surface area contributed by atoms with Crippen LogP contribution in [0.1, 0.15) is 45.2 Å². The molecule has 3 aromatic rings. The van der Waals surface area contributed by atoms with Crippen LogP contribution in [-0.2, 0) is 17.3 Å². The molecule has 8 heteroatoms. The van der Waals surface area contributed by atoms with Crippen LogP contribution in [0, 0.1) is 0 Å². The summed E-state index contributed by atoms with van der Waals surface area (Å²) in [5.74, 6) is 1.50. The second kappa shape index (κ2) is 9.75. The van der Waals surface area contributed by atoms with Crippen molar-refractivity contribution in [3.05, 3.63) is 64.9 Å². The Morgan fingerprint density at radius 2 is 1.84 bits per heavy atom. The molecule has 0 aliphatic rings. The molecule has 6 nitrogen and oxygen atoms in total. The van der Waals surface area contributed by atoms with E-state index >= 15 is 0 Å². The molecule has 31 heavy (non-hydrogen) atoms. The van der Waals surface area contributed by atoms with Crippen LogP contribution >= 0.6 is 23.4 Å². The number of carbonyl (C=O) groups is 1. The lowest BCUT2D eigenvalue weighted by atomic mass is 9.87. The summed E-state index contributed by atoms with van der Waals surface area (Å²) < 4.78 is 7.90. The third-order valence-corrected chi connectivity index (χ3v) is 6.10. The Balaban J connectivity index is 1.59. The standard InChI is InChI=1S/C23H27ClN4O2S/c1-15(30-17-12-10-16(11-13-17)23(2,3)4)21-26-27-22(28(21)5)31-14-20(29)25-19-9-7-6-8-18(19)24/h6-13,15H,14H2,1-5H3,(H,25,29). The van der Waals surface area contributed by atoms with E-state index in [1.54, 1.807) is 12.1 Å². The Labute approximate surface area is 192 Å². The molecule has 0 aliphatic heterocycles. The third-order valence-electron chi connectivity index (χ3n) is 4.75. The van der Waals surface area contributed by atoms with Crippen LogP contribution in [0.15, 0.2) is 53.7 Å². The summed E-state index contributed by atoms with van der Waals surface area (Å²) >= 11 is 7.39. The minimum absolute atomic E-state index is 0.0952. The lowest BCUT2D eigenvalue weighted by Crippen LogP contribution is -2.15. The van der Waals surface area contributed by atoms with Crippen LogP contribution < -0.4 is 10.1 Å². The normalized spacial score (nSPS) is 12.5. The smallest absolute Gasteiger partial charge is 0.234 e. The van der Waals surface area contributed by atoms with Crippen molar-refractivity contribution in [2.45, 2.75) is 44.4 Å². The van der Waals surface area contributed by atoms with Gasteiger partial charge in [0.2, 0.25) is 5.91 Å². The van der Waals surface area contributed by atoms with Crippen molar-refractivity contribution in [3.63, 3.8) is 0 Å². The first-order chi connectivity index (χ1) is 14.6. The summed E-state index contributed by atoms with van der Waals surface area (Å²) in [6.07, 6.45) is -0.288. The molecule has 3 rings (SSSR count). The SMILES string of the molecule is CC(Oc1ccc(C(C)(C)C)cc1)c1nnc(SCC(=O)Nc2ccccc2Cl)n1C. The molecule has 0 aliphatic carbocycles. The number of hydrogen-bond acceptors (Lipinski definition) is 5. The van der Waals surface area contributed by atoms with Gasteiger partial charge in [0.05, 0.1) is 16.5 Å². The van der Waals surface area contributed by atoms with Crippen LogP contribution in [0.25, 0.3) is 0 Å². The van der Waals surface area contributed by atoms with Crippen LogP contribution in [0.2, 0.25) is 5.02 Å². The molecule has 1 N–H and O–H groups in total. The number of ether oxygens (including phenoxy) is 1. The summed E-state index contributed by atoms with van der Waals surface area (Å²) in [4.78, 5) is 12.3. The van der Waals surface area contributed by atoms with Gasteiger partial charge in [-0.05, 0) is 42.2 Å². The number of nitrogens with one attached hydrogen (secondary N) is 1. The summed E-state index contributed by atoms with van der Waals surface area (Å²) in [5, 5.41) is 12.4. The van der Waals surface area contributed by atoms with Crippen LogP contribution in [0.5, 0.6) is 5.75 Å². The van der Waals surface area contributed by atoms with E-state index in [9.17, 15) is 4.79 Å². The van der Waals surface area contributed by atoms with Gasteiger partial charge in [-0.25, -0.2) is 0 Å². The summed E-state index contributed by atoms with van der Waals surface area (Å²) in [7, 11) is 1.87. The Morgan fingerprint density at radius 1 is 1.16 bits per heavy atom. The van der Waals surface area contributed by atoms with Gasteiger partial charge in [-0.3, -0.25) is 4.79 Å². The number of para-hydroxylation sites is 1. The monoisotopic (exact) mass is 458 g/mol. The number of nitrogens with zero attached hydrogens (tertiary/aromatic N) is 3. The molecule has 0 saturated heterocycles. The molecule has 1 unspecified atom stereocenters. The Kier molecular flexibility index (Phi) is 7.28. The second-order valence-corrected chi connectivity index (χ2v) is 9.60. The van der Waals surface area contributed by atoms with Crippen molar-refractivity contribution in [2.75, 3.05) is 11.1 Å². The number of benzene rings is 2.